The third-order valence-corrected chi connectivity index (χ3v) is 8.32. The zero-order chi connectivity index (χ0) is 32.5. The molecule has 0 spiro atoms. The van der Waals surface area contributed by atoms with E-state index in [4.69, 9.17) is 0 Å². The third-order valence-electron chi connectivity index (χ3n) is 8.32. The van der Waals surface area contributed by atoms with Gasteiger partial charge in [0.1, 0.15) is 0 Å². The van der Waals surface area contributed by atoms with E-state index in [0.717, 1.165) is 25.7 Å². The largest absolute Gasteiger partial charge is 0.550 e. The molecule has 254 valence electrons. The molecule has 0 atom stereocenters. The molecule has 0 aromatic rings. The van der Waals surface area contributed by atoms with Crippen molar-refractivity contribution in [2.75, 3.05) is 53.4 Å². The maximum atomic E-state index is 10.0. The van der Waals surface area contributed by atoms with Gasteiger partial charge in [-0.2, -0.15) is 0 Å². The van der Waals surface area contributed by atoms with Crippen LogP contribution in [0.5, 0.6) is 0 Å². The van der Waals surface area contributed by atoms with Crippen molar-refractivity contribution in [2.24, 2.45) is 0 Å². The summed E-state index contributed by atoms with van der Waals surface area (Å²) in [5.74, 6) is -2.00. The van der Waals surface area contributed by atoms with Crippen LogP contribution in [0.3, 0.4) is 0 Å². The molecule has 6 nitrogen and oxygen atoms in total. The number of carboxylic acid groups (broad SMARTS) is 2. The normalized spacial score (nSPS) is 11.3. The molecule has 0 aliphatic heterocycles. The lowest BCUT2D eigenvalue weighted by Crippen LogP contribution is -2.46. The minimum Gasteiger partial charge on any atom is -0.550 e. The molecule has 42 heavy (non-hydrogen) atoms. The van der Waals surface area contributed by atoms with Gasteiger partial charge in [-0.05, 0) is 64.2 Å². The number of quaternary nitrogens is 2. The topological polar surface area (TPSA) is 80.3 Å². The van der Waals surface area contributed by atoms with Gasteiger partial charge >= 0.3 is 0 Å². The van der Waals surface area contributed by atoms with Crippen molar-refractivity contribution >= 4 is 11.9 Å². The van der Waals surface area contributed by atoms with E-state index < -0.39 is 11.9 Å². The monoisotopic (exact) mass is 601 g/mol. The quantitative estimate of drug-likeness (QED) is 0.0733. The Labute approximate surface area is 263 Å². The van der Waals surface area contributed by atoms with Crippen LogP contribution in [0, 0.1) is 0 Å². The van der Waals surface area contributed by atoms with Gasteiger partial charge in [0, 0.05) is 11.9 Å². The molecule has 0 saturated heterocycles. The fourth-order valence-electron chi connectivity index (χ4n) is 5.16. The number of nitrogens with zero attached hydrogens (tertiary/aromatic N) is 2. The van der Waals surface area contributed by atoms with Crippen molar-refractivity contribution in [2.45, 2.75) is 170 Å². The minimum absolute atomic E-state index is 0.124. The fourth-order valence-corrected chi connectivity index (χ4v) is 5.16. The molecule has 0 aliphatic rings. The number of carbonyl (C=O) groups is 2. The highest BCUT2D eigenvalue weighted by molar-refractivity contribution is 5.64. The Bertz CT molecular complexity index is 489. The van der Waals surface area contributed by atoms with E-state index in [-0.39, 0.29) is 12.8 Å². The van der Waals surface area contributed by atoms with Gasteiger partial charge in [-0.15, -0.1) is 0 Å². The average molecular weight is 601 g/mol. The average Bonchev–Trinajstić information content (AvgIpc) is 2.97. The van der Waals surface area contributed by atoms with Crippen LogP contribution in [0.1, 0.15) is 170 Å². The molecule has 0 bridgehead atoms. The smallest absolute Gasteiger partial charge is 0.0784 e. The first-order valence-corrected chi connectivity index (χ1v) is 18.1. The van der Waals surface area contributed by atoms with E-state index in [1.165, 1.54) is 125 Å². The maximum Gasteiger partial charge on any atom is 0.0784 e. The molecule has 0 aromatic carbocycles. The molecular weight excluding hydrogens is 524 g/mol. The Balaban J connectivity index is -0.000000543. The summed E-state index contributed by atoms with van der Waals surface area (Å²) in [6.07, 6.45) is 21.6. The zero-order valence-electron chi connectivity index (χ0n) is 29.9. The van der Waals surface area contributed by atoms with Crippen LogP contribution in [-0.2, 0) is 9.59 Å². The Morgan fingerprint density at radius 2 is 0.571 bits per heavy atom. The first-order chi connectivity index (χ1) is 20.0. The SMILES string of the molecule is CCCC[N+](C)(CCCC)CCCC.CCCC[N+](C)(CCCC)CCCC.O=C([O-])CCCCCCCCC(=O)[O-]. The zero-order valence-corrected chi connectivity index (χ0v) is 29.9. The van der Waals surface area contributed by atoms with Crippen molar-refractivity contribution in [1.82, 2.24) is 0 Å². The summed E-state index contributed by atoms with van der Waals surface area (Å²) in [5.41, 5.74) is 0. The van der Waals surface area contributed by atoms with Gasteiger partial charge in [-0.3, -0.25) is 0 Å². The number of rotatable bonds is 27. The van der Waals surface area contributed by atoms with Crippen molar-refractivity contribution in [3.63, 3.8) is 0 Å². The highest BCUT2D eigenvalue weighted by atomic mass is 16.4. The lowest BCUT2D eigenvalue weighted by Gasteiger charge is -2.34. The second-order valence-corrected chi connectivity index (χ2v) is 13.1. The molecule has 0 aromatic heterocycles. The fraction of sp³-hybridized carbons (Fsp3) is 0.944. The highest BCUT2D eigenvalue weighted by Gasteiger charge is 2.19. The summed E-state index contributed by atoms with van der Waals surface area (Å²) in [5, 5.41) is 20.1. The Morgan fingerprint density at radius 1 is 0.381 bits per heavy atom. The number of hydrogen-bond donors (Lipinski definition) is 0. The van der Waals surface area contributed by atoms with Gasteiger partial charge in [0.2, 0.25) is 0 Å². The Hall–Kier alpha value is -1.14. The van der Waals surface area contributed by atoms with E-state index in [9.17, 15) is 19.8 Å². The van der Waals surface area contributed by atoms with Crippen molar-refractivity contribution in [1.29, 1.82) is 0 Å². The molecule has 0 N–H and O–H groups in total. The predicted molar refractivity (Wildman–Crippen MR) is 178 cm³/mol. The highest BCUT2D eigenvalue weighted by Crippen LogP contribution is 2.12. The molecule has 0 radical (unpaired) electrons. The lowest BCUT2D eigenvalue weighted by atomic mass is 10.1. The van der Waals surface area contributed by atoms with Gasteiger partial charge in [-0.1, -0.05) is 106 Å². The number of carbonyl (C=O) groups excluding carboxylic acids is 2. The molecule has 0 amide bonds. The summed E-state index contributed by atoms with van der Waals surface area (Å²) in [6.45, 7) is 22.1. The van der Waals surface area contributed by atoms with E-state index in [0.29, 0.717) is 12.8 Å². The van der Waals surface area contributed by atoms with Gasteiger partial charge in [0.25, 0.3) is 0 Å². The summed E-state index contributed by atoms with van der Waals surface area (Å²) >= 11 is 0. The van der Waals surface area contributed by atoms with Crippen molar-refractivity contribution in [3.8, 4) is 0 Å². The first kappa shape index (κ1) is 45.3. The molecule has 0 rings (SSSR count). The van der Waals surface area contributed by atoms with Gasteiger partial charge in [0.15, 0.2) is 0 Å². The van der Waals surface area contributed by atoms with Crippen molar-refractivity contribution < 1.29 is 28.8 Å². The van der Waals surface area contributed by atoms with E-state index in [1.807, 2.05) is 0 Å². The number of unbranched alkanes of at least 4 members (excludes halogenated alkanes) is 11. The second-order valence-electron chi connectivity index (χ2n) is 13.1. The maximum absolute atomic E-state index is 10.0. The van der Waals surface area contributed by atoms with Crippen LogP contribution in [0.4, 0.5) is 0 Å². The number of carboxylic acids is 2. The molecule has 0 unspecified atom stereocenters. The number of aliphatic carboxylic acids is 2. The first-order valence-electron chi connectivity index (χ1n) is 18.1. The van der Waals surface area contributed by atoms with Crippen molar-refractivity contribution in [3.05, 3.63) is 0 Å². The van der Waals surface area contributed by atoms with Crippen LogP contribution in [-0.4, -0.2) is 74.3 Å². The lowest BCUT2D eigenvalue weighted by molar-refractivity contribution is -0.910. The second kappa shape index (κ2) is 32.8. The van der Waals surface area contributed by atoms with Crippen LogP contribution >= 0.6 is 0 Å². The molecule has 0 fully saturated rings. The van der Waals surface area contributed by atoms with Crippen LogP contribution in [0.25, 0.3) is 0 Å². The molecular formula is C36H76N2O4. The standard InChI is InChI=1S/2C13H30N.C10H18O4/c2*1-5-8-11-14(4,12-9-6-2)13-10-7-3;11-9(12)7-5-3-1-2-4-6-8-10(13)14/h2*5-13H2,1-4H3;1-8H2,(H,11,12)(H,13,14)/q2*+1;/p-2. The number of hydrogen-bond acceptors (Lipinski definition) is 4. The van der Waals surface area contributed by atoms with Gasteiger partial charge < -0.3 is 28.8 Å². The van der Waals surface area contributed by atoms with Crippen LogP contribution in [0.15, 0.2) is 0 Å². The summed E-state index contributed by atoms with van der Waals surface area (Å²) in [7, 11) is 4.89. The molecule has 0 saturated carbocycles. The van der Waals surface area contributed by atoms with E-state index >= 15 is 0 Å². The summed E-state index contributed by atoms with van der Waals surface area (Å²) < 4.78 is 2.63. The predicted octanol–water partition coefficient (Wildman–Crippen LogP) is 7.27. The molecule has 0 heterocycles. The van der Waals surface area contributed by atoms with Gasteiger partial charge in [0.05, 0.1) is 53.4 Å². The third kappa shape index (κ3) is 35.1. The molecule has 0 aliphatic carbocycles. The summed E-state index contributed by atoms with van der Waals surface area (Å²) in [4.78, 5) is 20.1. The van der Waals surface area contributed by atoms with Crippen LogP contribution in [0.2, 0.25) is 0 Å². The van der Waals surface area contributed by atoms with E-state index in [2.05, 4.69) is 55.6 Å². The minimum atomic E-state index is -0.998. The van der Waals surface area contributed by atoms with Crippen LogP contribution < -0.4 is 10.2 Å². The Morgan fingerprint density at radius 3 is 0.738 bits per heavy atom. The summed E-state index contributed by atoms with van der Waals surface area (Å²) in [6, 6.07) is 0. The molecule has 6 heteroatoms. The Kier molecular flexibility index (Phi) is 35.3. The van der Waals surface area contributed by atoms with Gasteiger partial charge in [-0.25, -0.2) is 0 Å². The van der Waals surface area contributed by atoms with E-state index in [1.54, 1.807) is 0 Å².